The zero-order valence-corrected chi connectivity index (χ0v) is 11.3. The molecule has 1 unspecified atom stereocenters. The van der Waals surface area contributed by atoms with Crippen LogP contribution in [0.25, 0.3) is 0 Å². The van der Waals surface area contributed by atoms with Crippen LogP contribution in [0.5, 0.6) is 0 Å². The van der Waals surface area contributed by atoms with Gasteiger partial charge in [0.2, 0.25) is 0 Å². The van der Waals surface area contributed by atoms with Gasteiger partial charge in [-0.05, 0) is 36.6 Å². The van der Waals surface area contributed by atoms with Crippen molar-refractivity contribution < 1.29 is 9.50 Å². The van der Waals surface area contributed by atoms with Crippen molar-refractivity contribution in [1.29, 1.82) is 0 Å². The van der Waals surface area contributed by atoms with E-state index in [1.165, 1.54) is 12.1 Å². The maximum absolute atomic E-state index is 13.1. The molecule has 102 valence electrons. The number of hydrogen-bond donors (Lipinski definition) is 1. The summed E-state index contributed by atoms with van der Waals surface area (Å²) in [6, 6.07) is 8.37. The lowest BCUT2D eigenvalue weighted by atomic mass is 10.0. The molecule has 1 aromatic heterocycles. The summed E-state index contributed by atoms with van der Waals surface area (Å²) < 4.78 is 14.9. The molecular weight excluding hydrogens is 243 g/mol. The molecule has 1 aromatic carbocycles. The van der Waals surface area contributed by atoms with Crippen LogP contribution in [-0.4, -0.2) is 21.0 Å². The van der Waals surface area contributed by atoms with E-state index in [4.69, 9.17) is 0 Å². The molecule has 1 N–H and O–H groups in total. The van der Waals surface area contributed by atoms with Crippen LogP contribution < -0.4 is 0 Å². The van der Waals surface area contributed by atoms with Gasteiger partial charge in [-0.25, -0.2) is 4.39 Å². The molecule has 2 aromatic rings. The molecule has 0 aliphatic heterocycles. The molecule has 0 aliphatic carbocycles. The van der Waals surface area contributed by atoms with Crippen molar-refractivity contribution in [1.82, 2.24) is 9.78 Å². The Kier molecular flexibility index (Phi) is 4.32. The van der Waals surface area contributed by atoms with E-state index in [9.17, 15) is 9.50 Å². The first kappa shape index (κ1) is 13.7. The first-order valence-corrected chi connectivity index (χ1v) is 6.52. The normalized spacial score (nSPS) is 12.6. The van der Waals surface area contributed by atoms with Crippen molar-refractivity contribution in [2.45, 2.75) is 32.3 Å². The number of rotatable bonds is 5. The van der Waals surface area contributed by atoms with Crippen molar-refractivity contribution in [3.05, 3.63) is 53.1 Å². The van der Waals surface area contributed by atoms with E-state index in [-0.39, 0.29) is 5.82 Å². The van der Waals surface area contributed by atoms with Crippen LogP contribution in [0.2, 0.25) is 0 Å². The van der Waals surface area contributed by atoms with Gasteiger partial charge in [-0.1, -0.05) is 19.1 Å². The average Bonchev–Trinajstić information content (AvgIpc) is 2.70. The smallest absolute Gasteiger partial charge is 0.123 e. The minimum Gasteiger partial charge on any atom is -0.392 e. The van der Waals surface area contributed by atoms with Gasteiger partial charge in [0.1, 0.15) is 5.82 Å². The molecule has 3 nitrogen and oxygen atoms in total. The Morgan fingerprint density at radius 1 is 1.32 bits per heavy atom. The molecule has 4 heteroatoms. The standard InChI is InChI=1S/C15H19FN2O/c1-3-13-9-14(18(2)17-13)10-15(19)8-11-5-4-6-12(16)7-11/h4-7,9,15,19H,3,8,10H2,1-2H3. The Bertz CT molecular complexity index is 551. The summed E-state index contributed by atoms with van der Waals surface area (Å²) in [7, 11) is 1.88. The van der Waals surface area contributed by atoms with Crippen LogP contribution in [0.1, 0.15) is 23.9 Å². The van der Waals surface area contributed by atoms with Crippen molar-refractivity contribution >= 4 is 0 Å². The van der Waals surface area contributed by atoms with Crippen molar-refractivity contribution in [3.8, 4) is 0 Å². The average molecular weight is 262 g/mol. The van der Waals surface area contributed by atoms with Gasteiger partial charge in [-0.2, -0.15) is 5.10 Å². The fourth-order valence-corrected chi connectivity index (χ4v) is 2.18. The first-order valence-electron chi connectivity index (χ1n) is 6.52. The van der Waals surface area contributed by atoms with Crippen LogP contribution in [0.3, 0.4) is 0 Å². The predicted octanol–water partition coefficient (Wildman–Crippen LogP) is 2.27. The Balaban J connectivity index is 2.00. The summed E-state index contributed by atoms with van der Waals surface area (Å²) in [6.45, 7) is 2.05. The zero-order chi connectivity index (χ0) is 13.8. The van der Waals surface area contributed by atoms with Crippen molar-refractivity contribution in [2.75, 3.05) is 0 Å². The van der Waals surface area contributed by atoms with Gasteiger partial charge < -0.3 is 5.11 Å². The summed E-state index contributed by atoms with van der Waals surface area (Å²) in [5.41, 5.74) is 2.83. The number of aryl methyl sites for hydroxylation is 2. The van der Waals surface area contributed by atoms with Crippen LogP contribution in [0.4, 0.5) is 4.39 Å². The third-order valence-corrected chi connectivity index (χ3v) is 3.19. The fourth-order valence-electron chi connectivity index (χ4n) is 2.18. The molecule has 0 spiro atoms. The molecule has 0 amide bonds. The number of hydrogen-bond acceptors (Lipinski definition) is 2. The molecule has 0 radical (unpaired) electrons. The lowest BCUT2D eigenvalue weighted by molar-refractivity contribution is 0.173. The molecule has 1 heterocycles. The fraction of sp³-hybridized carbons (Fsp3) is 0.400. The van der Waals surface area contributed by atoms with Crippen LogP contribution in [-0.2, 0) is 26.3 Å². The van der Waals surface area contributed by atoms with Gasteiger partial charge in [0.15, 0.2) is 0 Å². The highest BCUT2D eigenvalue weighted by molar-refractivity contribution is 5.18. The molecule has 0 saturated carbocycles. The second-order valence-electron chi connectivity index (χ2n) is 4.80. The molecule has 0 saturated heterocycles. The number of aliphatic hydroxyl groups is 1. The molecule has 0 bridgehead atoms. The second-order valence-corrected chi connectivity index (χ2v) is 4.80. The van der Waals surface area contributed by atoms with Gasteiger partial charge in [-0.3, -0.25) is 4.68 Å². The summed E-state index contributed by atoms with van der Waals surface area (Å²) >= 11 is 0. The summed E-state index contributed by atoms with van der Waals surface area (Å²) in [5.74, 6) is -0.265. The van der Waals surface area contributed by atoms with Crippen LogP contribution in [0.15, 0.2) is 30.3 Å². The Morgan fingerprint density at radius 2 is 2.11 bits per heavy atom. The van der Waals surface area contributed by atoms with Gasteiger partial charge in [0.05, 0.1) is 11.8 Å². The van der Waals surface area contributed by atoms with Gasteiger partial charge >= 0.3 is 0 Å². The number of nitrogens with zero attached hydrogens (tertiary/aromatic N) is 2. The highest BCUT2D eigenvalue weighted by Crippen LogP contribution is 2.11. The van der Waals surface area contributed by atoms with Crippen LogP contribution >= 0.6 is 0 Å². The van der Waals surface area contributed by atoms with E-state index in [1.54, 1.807) is 10.7 Å². The third-order valence-electron chi connectivity index (χ3n) is 3.19. The third kappa shape index (κ3) is 3.64. The molecule has 1 atom stereocenters. The Labute approximate surface area is 112 Å². The number of benzene rings is 1. The van der Waals surface area contributed by atoms with Crippen molar-refractivity contribution in [3.63, 3.8) is 0 Å². The van der Waals surface area contributed by atoms with Gasteiger partial charge in [0.25, 0.3) is 0 Å². The Morgan fingerprint density at radius 3 is 2.74 bits per heavy atom. The largest absolute Gasteiger partial charge is 0.392 e. The van der Waals surface area contributed by atoms with E-state index in [1.807, 2.05) is 19.2 Å². The second kappa shape index (κ2) is 5.97. The maximum Gasteiger partial charge on any atom is 0.123 e. The minimum absolute atomic E-state index is 0.265. The zero-order valence-electron chi connectivity index (χ0n) is 11.3. The maximum atomic E-state index is 13.1. The lowest BCUT2D eigenvalue weighted by Gasteiger charge is -2.10. The molecule has 0 fully saturated rings. The number of aliphatic hydroxyl groups excluding tert-OH is 1. The minimum atomic E-state index is -0.526. The van der Waals surface area contributed by atoms with Crippen molar-refractivity contribution in [2.24, 2.45) is 7.05 Å². The highest BCUT2D eigenvalue weighted by Gasteiger charge is 2.11. The van der Waals surface area contributed by atoms with Gasteiger partial charge in [-0.15, -0.1) is 0 Å². The highest BCUT2D eigenvalue weighted by atomic mass is 19.1. The SMILES string of the molecule is CCc1cc(CC(O)Cc2cccc(F)c2)n(C)n1. The molecule has 2 rings (SSSR count). The molecule has 19 heavy (non-hydrogen) atoms. The summed E-state index contributed by atoms with van der Waals surface area (Å²) in [4.78, 5) is 0. The van der Waals surface area contributed by atoms with Crippen LogP contribution in [0, 0.1) is 5.82 Å². The van der Waals surface area contributed by atoms with E-state index >= 15 is 0 Å². The Hall–Kier alpha value is -1.68. The van der Waals surface area contributed by atoms with E-state index in [2.05, 4.69) is 12.0 Å². The molecule has 0 aliphatic rings. The van der Waals surface area contributed by atoms with E-state index in [0.717, 1.165) is 23.4 Å². The van der Waals surface area contributed by atoms with Gasteiger partial charge in [0, 0.05) is 19.2 Å². The van der Waals surface area contributed by atoms with E-state index < -0.39 is 6.10 Å². The monoisotopic (exact) mass is 262 g/mol. The molecular formula is C15H19FN2O. The first-order chi connectivity index (χ1) is 9.08. The lowest BCUT2D eigenvalue weighted by Crippen LogP contribution is -2.16. The predicted molar refractivity (Wildman–Crippen MR) is 72.4 cm³/mol. The van der Waals surface area contributed by atoms with E-state index in [0.29, 0.717) is 12.8 Å². The summed E-state index contributed by atoms with van der Waals surface area (Å²) in [6.07, 6.45) is 1.33. The quantitative estimate of drug-likeness (QED) is 0.897. The topological polar surface area (TPSA) is 38.0 Å². The summed E-state index contributed by atoms with van der Waals surface area (Å²) in [5, 5.41) is 14.4. The number of halogens is 1. The number of aromatic nitrogens is 2.